The second-order valence-electron chi connectivity index (χ2n) is 14.2. The summed E-state index contributed by atoms with van der Waals surface area (Å²) in [6, 6.07) is 66.5. The highest BCUT2D eigenvalue weighted by atomic mass is 16.3. The number of amidine groups is 2. The fourth-order valence-electron chi connectivity index (χ4n) is 8.11. The first kappa shape index (κ1) is 31.2. The molecular weight excluding hydrogens is 671 g/mol. The van der Waals surface area contributed by atoms with Crippen LogP contribution in [-0.2, 0) is 0 Å². The Bertz CT molecular complexity index is 3180. The molecular formula is C51H33N3O. The molecule has 1 aliphatic rings. The van der Waals surface area contributed by atoms with Gasteiger partial charge in [-0.15, -0.1) is 0 Å². The second kappa shape index (κ2) is 12.7. The zero-order chi connectivity index (χ0) is 36.3. The van der Waals surface area contributed by atoms with Crippen molar-refractivity contribution in [2.75, 3.05) is 0 Å². The minimum absolute atomic E-state index is 0.355. The van der Waals surface area contributed by atoms with Crippen LogP contribution in [0, 0.1) is 0 Å². The van der Waals surface area contributed by atoms with Crippen molar-refractivity contribution >= 4 is 65.9 Å². The van der Waals surface area contributed by atoms with E-state index in [0.717, 1.165) is 55.6 Å². The normalized spacial score (nSPS) is 14.4. The molecule has 258 valence electrons. The molecule has 0 bridgehead atoms. The van der Waals surface area contributed by atoms with E-state index in [2.05, 4.69) is 181 Å². The number of rotatable bonds is 5. The Morgan fingerprint density at radius 2 is 1.04 bits per heavy atom. The number of fused-ring (bicyclic) bond motifs is 6. The molecule has 0 fully saturated rings. The Balaban J connectivity index is 1.05. The maximum absolute atomic E-state index is 6.49. The molecule has 4 nitrogen and oxygen atoms in total. The largest absolute Gasteiger partial charge is 0.456 e. The van der Waals surface area contributed by atoms with E-state index >= 15 is 0 Å². The third-order valence-electron chi connectivity index (χ3n) is 10.9. The molecule has 0 aliphatic carbocycles. The summed E-state index contributed by atoms with van der Waals surface area (Å²) in [5.74, 6) is 1.43. The van der Waals surface area contributed by atoms with Gasteiger partial charge in [0.05, 0.1) is 0 Å². The lowest BCUT2D eigenvalue weighted by atomic mass is 9.97. The van der Waals surface area contributed by atoms with Crippen molar-refractivity contribution in [3.63, 3.8) is 0 Å². The highest BCUT2D eigenvalue weighted by Gasteiger charge is 2.24. The minimum atomic E-state index is -0.355. The fourth-order valence-corrected chi connectivity index (χ4v) is 8.11. The SMILES string of the molecule is c1ccc2cc(-c3ccc4oc5cccc(C6=NC(c7ccc(-c8cccc9ccccc89)cc7)=NC(c7ccc8ccccc8c7)N6)c5c4c3)ccc2c1. The van der Waals surface area contributed by atoms with Crippen LogP contribution in [0.1, 0.15) is 22.9 Å². The van der Waals surface area contributed by atoms with E-state index in [-0.39, 0.29) is 6.17 Å². The van der Waals surface area contributed by atoms with Crippen LogP contribution in [0.25, 0.3) is 76.5 Å². The molecule has 0 saturated carbocycles. The zero-order valence-corrected chi connectivity index (χ0v) is 29.8. The molecule has 4 heteroatoms. The van der Waals surface area contributed by atoms with E-state index in [9.17, 15) is 0 Å². The summed E-state index contributed by atoms with van der Waals surface area (Å²) in [4.78, 5) is 10.5. The van der Waals surface area contributed by atoms with Gasteiger partial charge in [0.2, 0.25) is 0 Å². The summed E-state index contributed by atoms with van der Waals surface area (Å²) < 4.78 is 6.49. The summed E-state index contributed by atoms with van der Waals surface area (Å²) in [6.45, 7) is 0. The lowest BCUT2D eigenvalue weighted by Crippen LogP contribution is -2.33. The number of hydrogen-bond donors (Lipinski definition) is 1. The number of benzene rings is 9. The van der Waals surface area contributed by atoms with Crippen LogP contribution >= 0.6 is 0 Å². The van der Waals surface area contributed by atoms with E-state index in [0.29, 0.717) is 5.84 Å². The molecule has 0 radical (unpaired) electrons. The molecule has 0 saturated heterocycles. The number of furan rings is 1. The second-order valence-corrected chi connectivity index (χ2v) is 14.2. The Morgan fingerprint density at radius 3 is 1.87 bits per heavy atom. The molecule has 1 atom stereocenters. The first-order chi connectivity index (χ1) is 27.2. The molecule has 55 heavy (non-hydrogen) atoms. The molecule has 1 unspecified atom stereocenters. The van der Waals surface area contributed by atoms with Gasteiger partial charge in [0.25, 0.3) is 0 Å². The van der Waals surface area contributed by atoms with Gasteiger partial charge >= 0.3 is 0 Å². The van der Waals surface area contributed by atoms with Crippen molar-refractivity contribution < 1.29 is 4.42 Å². The maximum atomic E-state index is 6.49. The van der Waals surface area contributed by atoms with Gasteiger partial charge in [0.1, 0.15) is 23.2 Å². The number of nitrogens with zero attached hydrogens (tertiary/aromatic N) is 2. The van der Waals surface area contributed by atoms with E-state index in [1.165, 1.54) is 43.4 Å². The van der Waals surface area contributed by atoms with Crippen LogP contribution < -0.4 is 5.32 Å². The van der Waals surface area contributed by atoms with Gasteiger partial charge in [0.15, 0.2) is 5.84 Å². The molecule has 1 N–H and O–H groups in total. The Morgan fingerprint density at radius 1 is 0.418 bits per heavy atom. The number of nitrogens with one attached hydrogen (secondary N) is 1. The molecule has 9 aromatic carbocycles. The molecule has 1 aromatic heterocycles. The van der Waals surface area contributed by atoms with Gasteiger partial charge < -0.3 is 9.73 Å². The summed E-state index contributed by atoms with van der Waals surface area (Å²) in [6.07, 6.45) is -0.355. The van der Waals surface area contributed by atoms with Crippen molar-refractivity contribution in [2.45, 2.75) is 6.17 Å². The number of aliphatic imine (C=N–C) groups is 2. The predicted molar refractivity (Wildman–Crippen MR) is 229 cm³/mol. The molecule has 0 amide bonds. The Hall–Kier alpha value is -7.30. The van der Waals surface area contributed by atoms with Gasteiger partial charge in [-0.05, 0) is 90.5 Å². The summed E-state index contributed by atoms with van der Waals surface area (Å²) in [5, 5.41) is 13.1. The van der Waals surface area contributed by atoms with E-state index in [1.54, 1.807) is 0 Å². The monoisotopic (exact) mass is 703 g/mol. The third-order valence-corrected chi connectivity index (χ3v) is 10.9. The highest BCUT2D eigenvalue weighted by Crippen LogP contribution is 2.37. The average molecular weight is 704 g/mol. The number of hydrogen-bond acceptors (Lipinski definition) is 4. The van der Waals surface area contributed by atoms with Crippen molar-refractivity contribution in [2.24, 2.45) is 9.98 Å². The first-order valence-corrected chi connectivity index (χ1v) is 18.7. The maximum Gasteiger partial charge on any atom is 0.159 e. The highest BCUT2D eigenvalue weighted by molar-refractivity contribution is 6.22. The smallest absolute Gasteiger partial charge is 0.159 e. The van der Waals surface area contributed by atoms with Crippen molar-refractivity contribution in [3.8, 4) is 22.3 Å². The topological polar surface area (TPSA) is 49.9 Å². The molecule has 11 rings (SSSR count). The minimum Gasteiger partial charge on any atom is -0.456 e. The molecule has 1 aliphatic heterocycles. The predicted octanol–water partition coefficient (Wildman–Crippen LogP) is 12.9. The molecule has 10 aromatic rings. The van der Waals surface area contributed by atoms with Gasteiger partial charge in [0, 0.05) is 21.9 Å². The van der Waals surface area contributed by atoms with E-state index < -0.39 is 0 Å². The van der Waals surface area contributed by atoms with Gasteiger partial charge in [-0.1, -0.05) is 158 Å². The summed E-state index contributed by atoms with van der Waals surface area (Å²) in [5.41, 5.74) is 9.31. The van der Waals surface area contributed by atoms with Crippen molar-refractivity contribution in [1.29, 1.82) is 0 Å². The average Bonchev–Trinajstić information content (AvgIpc) is 3.64. The molecule has 2 heterocycles. The summed E-state index contributed by atoms with van der Waals surface area (Å²) in [7, 11) is 0. The fraction of sp³-hybridized carbons (Fsp3) is 0.0196. The third kappa shape index (κ3) is 5.46. The lowest BCUT2D eigenvalue weighted by molar-refractivity contribution is 0.668. The Labute approximate surface area is 317 Å². The van der Waals surface area contributed by atoms with Crippen LogP contribution in [-0.4, -0.2) is 11.7 Å². The van der Waals surface area contributed by atoms with Gasteiger partial charge in [-0.3, -0.25) is 0 Å². The quantitative estimate of drug-likeness (QED) is 0.194. The van der Waals surface area contributed by atoms with E-state index in [4.69, 9.17) is 14.4 Å². The van der Waals surface area contributed by atoms with Gasteiger partial charge in [-0.2, -0.15) is 0 Å². The van der Waals surface area contributed by atoms with Crippen molar-refractivity contribution in [3.05, 3.63) is 205 Å². The van der Waals surface area contributed by atoms with Crippen LogP contribution in [0.4, 0.5) is 0 Å². The van der Waals surface area contributed by atoms with Crippen LogP contribution in [0.2, 0.25) is 0 Å². The van der Waals surface area contributed by atoms with Gasteiger partial charge in [-0.25, -0.2) is 9.98 Å². The first-order valence-electron chi connectivity index (χ1n) is 18.7. The zero-order valence-electron chi connectivity index (χ0n) is 29.8. The molecule has 0 spiro atoms. The van der Waals surface area contributed by atoms with Crippen LogP contribution in [0.5, 0.6) is 0 Å². The van der Waals surface area contributed by atoms with Crippen LogP contribution in [0.15, 0.2) is 202 Å². The lowest BCUT2D eigenvalue weighted by Gasteiger charge is -2.24. The summed E-state index contributed by atoms with van der Waals surface area (Å²) >= 11 is 0. The standard InChI is InChI=1S/C51H33N3O/c1-3-12-37-29-39(25-19-32(37)9-1)40-27-28-46-45(31-40)48-44(17-8-18-47(48)55-46)51-53-49(52-50(54-51)41-26-20-33-10-2-4-13-38(33)30-41)36-23-21-35(22-24-36)43-16-7-14-34-11-5-6-15-42(34)43/h1-31,50H,(H,52,53,54). The van der Waals surface area contributed by atoms with Crippen LogP contribution in [0.3, 0.4) is 0 Å². The van der Waals surface area contributed by atoms with Crippen molar-refractivity contribution in [1.82, 2.24) is 5.32 Å². The van der Waals surface area contributed by atoms with E-state index in [1.807, 2.05) is 12.1 Å². The Kier molecular flexibility index (Phi) is 7.20.